The summed E-state index contributed by atoms with van der Waals surface area (Å²) >= 11 is 11.6. The normalized spacial score (nSPS) is 10.5. The summed E-state index contributed by atoms with van der Waals surface area (Å²) in [5, 5.41) is 10.8. The topological polar surface area (TPSA) is 138 Å². The fourth-order valence-electron chi connectivity index (χ4n) is 1.60. The Bertz CT molecular complexity index is 799. The van der Waals surface area contributed by atoms with Crippen molar-refractivity contribution in [3.63, 3.8) is 0 Å². The van der Waals surface area contributed by atoms with Gasteiger partial charge in [-0.05, 0) is 6.07 Å². The van der Waals surface area contributed by atoms with Gasteiger partial charge in [-0.2, -0.15) is 0 Å². The van der Waals surface area contributed by atoms with Gasteiger partial charge in [0, 0.05) is 17.2 Å². The molecule has 2 rings (SSSR count). The summed E-state index contributed by atoms with van der Waals surface area (Å²) in [6.45, 7) is 0. The van der Waals surface area contributed by atoms with Gasteiger partial charge in [0.2, 0.25) is 0 Å². The van der Waals surface area contributed by atoms with Gasteiger partial charge in [0.25, 0.3) is 5.69 Å². The number of benzene rings is 2. The van der Waals surface area contributed by atoms with Crippen molar-refractivity contribution in [3.05, 3.63) is 73.8 Å². The Labute approximate surface area is 145 Å². The van der Waals surface area contributed by atoms with Gasteiger partial charge in [-0.3, -0.25) is 14.9 Å². The Morgan fingerprint density at radius 1 is 1.04 bits per heavy atom. The molecule has 128 valence electrons. The van der Waals surface area contributed by atoms with Crippen LogP contribution in [0.5, 0.6) is 0 Å². The Hall–Kier alpha value is -1.80. The number of carbonyl (C=O) groups excluding carboxylic acids is 1. The number of nitro benzene ring substituents is 1. The second-order valence-corrected chi connectivity index (χ2v) is 6.09. The average Bonchev–Trinajstić information content (AvgIpc) is 2.45. The van der Waals surface area contributed by atoms with E-state index >= 15 is 0 Å². The molecule has 0 atom stereocenters. The molecule has 0 spiro atoms. The monoisotopic (exact) mass is 393 g/mol. The first-order valence-electron chi connectivity index (χ1n) is 6.02. The maximum Gasteiger partial charge on any atom is 0.466 e. The minimum atomic E-state index is -4.64. The van der Waals surface area contributed by atoms with Gasteiger partial charge in [0.1, 0.15) is 5.02 Å². The molecule has 0 saturated carbocycles. The molecule has 0 unspecified atom stereocenters. The maximum atomic E-state index is 12.2. The van der Waals surface area contributed by atoms with Crippen LogP contribution in [-0.2, 0) is 4.57 Å². The number of phosphoric acid groups is 1. The lowest BCUT2D eigenvalue weighted by atomic mass is 10.0. The Balaban J connectivity index is 0.000000505. The zero-order chi connectivity index (χ0) is 18.5. The number of carbonyl (C=O) groups is 1. The van der Waals surface area contributed by atoms with Crippen LogP contribution in [0.2, 0.25) is 10.0 Å². The summed E-state index contributed by atoms with van der Waals surface area (Å²) in [4.78, 5) is 43.9. The maximum absolute atomic E-state index is 12.2. The van der Waals surface area contributed by atoms with Crippen LogP contribution in [0.4, 0.5) is 5.69 Å². The Kier molecular flexibility index (Phi) is 7.04. The van der Waals surface area contributed by atoms with Crippen LogP contribution in [-0.4, -0.2) is 25.4 Å². The van der Waals surface area contributed by atoms with E-state index in [1.807, 2.05) is 0 Å². The highest BCUT2D eigenvalue weighted by Crippen LogP contribution is 2.32. The minimum Gasteiger partial charge on any atom is -0.303 e. The van der Waals surface area contributed by atoms with Crippen molar-refractivity contribution in [2.75, 3.05) is 0 Å². The molecule has 0 fully saturated rings. The Morgan fingerprint density at radius 2 is 1.54 bits per heavy atom. The van der Waals surface area contributed by atoms with Crippen molar-refractivity contribution < 1.29 is 29.0 Å². The molecule has 0 aromatic heterocycles. The third kappa shape index (κ3) is 6.37. The molecule has 0 aliphatic carbocycles. The molecule has 0 saturated heterocycles. The third-order valence-corrected chi connectivity index (χ3v) is 3.13. The van der Waals surface area contributed by atoms with Crippen LogP contribution in [0.25, 0.3) is 0 Å². The van der Waals surface area contributed by atoms with Gasteiger partial charge >= 0.3 is 7.82 Å². The largest absolute Gasteiger partial charge is 0.466 e. The van der Waals surface area contributed by atoms with E-state index in [9.17, 15) is 14.9 Å². The zero-order valence-electron chi connectivity index (χ0n) is 11.7. The van der Waals surface area contributed by atoms with E-state index < -0.39 is 12.7 Å². The van der Waals surface area contributed by atoms with E-state index in [2.05, 4.69) is 0 Å². The number of halogens is 2. The molecular weight excluding hydrogens is 384 g/mol. The molecule has 8 nitrogen and oxygen atoms in total. The van der Waals surface area contributed by atoms with Crippen LogP contribution in [0.3, 0.4) is 0 Å². The summed E-state index contributed by atoms with van der Waals surface area (Å²) in [6, 6.07) is 10.7. The first kappa shape index (κ1) is 20.2. The second-order valence-electron chi connectivity index (χ2n) is 4.25. The highest BCUT2D eigenvalue weighted by Gasteiger charge is 2.20. The summed E-state index contributed by atoms with van der Waals surface area (Å²) in [5.74, 6) is -0.384. The fourth-order valence-corrected chi connectivity index (χ4v) is 2.13. The molecular formula is C13H10Cl2NO7P. The van der Waals surface area contributed by atoms with Crippen molar-refractivity contribution >= 4 is 42.5 Å². The molecule has 3 N–H and O–H groups in total. The predicted molar refractivity (Wildman–Crippen MR) is 87.3 cm³/mol. The van der Waals surface area contributed by atoms with Gasteiger partial charge in [-0.15, -0.1) is 0 Å². The molecule has 2 aromatic carbocycles. The molecule has 11 heteroatoms. The van der Waals surface area contributed by atoms with Crippen LogP contribution in [0.15, 0.2) is 42.5 Å². The van der Waals surface area contributed by atoms with Crippen molar-refractivity contribution in [3.8, 4) is 0 Å². The quantitative estimate of drug-likeness (QED) is 0.315. The number of ketones is 1. The van der Waals surface area contributed by atoms with Crippen LogP contribution >= 0.6 is 31.0 Å². The second kappa shape index (κ2) is 8.34. The van der Waals surface area contributed by atoms with Crippen LogP contribution in [0.1, 0.15) is 15.9 Å². The standard InChI is InChI=1S/C13H7Cl2NO3.H3O4P/c14-10-7-11(15)12(16(18)19)6-9(10)13(17)8-4-2-1-3-5-8;1-5(2,3)4/h1-7H;(H3,1,2,3,4). The Morgan fingerprint density at radius 3 is 2.00 bits per heavy atom. The smallest absolute Gasteiger partial charge is 0.303 e. The lowest BCUT2D eigenvalue weighted by molar-refractivity contribution is -0.384. The van der Waals surface area contributed by atoms with E-state index in [4.69, 9.17) is 42.4 Å². The summed E-state index contributed by atoms with van der Waals surface area (Å²) in [7, 11) is -4.64. The van der Waals surface area contributed by atoms with Gasteiger partial charge in [0.05, 0.1) is 9.95 Å². The summed E-state index contributed by atoms with van der Waals surface area (Å²) in [6.07, 6.45) is 0. The van der Waals surface area contributed by atoms with E-state index in [-0.39, 0.29) is 27.1 Å². The highest BCUT2D eigenvalue weighted by molar-refractivity contribution is 7.45. The van der Waals surface area contributed by atoms with Crippen molar-refractivity contribution in [1.82, 2.24) is 0 Å². The van der Waals surface area contributed by atoms with Gasteiger partial charge in [-0.25, -0.2) is 4.57 Å². The number of rotatable bonds is 3. The van der Waals surface area contributed by atoms with Crippen molar-refractivity contribution in [1.29, 1.82) is 0 Å². The van der Waals surface area contributed by atoms with E-state index in [0.29, 0.717) is 5.56 Å². The summed E-state index contributed by atoms with van der Waals surface area (Å²) < 4.78 is 8.88. The first-order valence-corrected chi connectivity index (χ1v) is 8.34. The number of nitrogens with zero attached hydrogens (tertiary/aromatic N) is 1. The zero-order valence-corrected chi connectivity index (χ0v) is 14.1. The van der Waals surface area contributed by atoms with Crippen molar-refractivity contribution in [2.45, 2.75) is 0 Å². The fraction of sp³-hybridized carbons (Fsp3) is 0. The number of hydrogen-bond acceptors (Lipinski definition) is 4. The van der Waals surface area contributed by atoms with Crippen molar-refractivity contribution in [2.24, 2.45) is 0 Å². The molecule has 0 heterocycles. The highest BCUT2D eigenvalue weighted by atomic mass is 35.5. The molecule has 24 heavy (non-hydrogen) atoms. The first-order chi connectivity index (χ1) is 11.0. The molecule has 0 aliphatic rings. The molecule has 0 bridgehead atoms. The molecule has 0 radical (unpaired) electrons. The van der Waals surface area contributed by atoms with Gasteiger partial charge in [0.15, 0.2) is 5.78 Å². The van der Waals surface area contributed by atoms with E-state index in [1.54, 1.807) is 30.3 Å². The van der Waals surface area contributed by atoms with Crippen LogP contribution < -0.4 is 0 Å². The van der Waals surface area contributed by atoms with Gasteiger partial charge < -0.3 is 14.7 Å². The number of nitro groups is 1. The molecule has 0 aliphatic heterocycles. The third-order valence-electron chi connectivity index (χ3n) is 2.51. The van der Waals surface area contributed by atoms with Crippen LogP contribution in [0, 0.1) is 10.1 Å². The predicted octanol–water partition coefficient (Wildman–Crippen LogP) is 3.20. The van der Waals surface area contributed by atoms with Gasteiger partial charge in [-0.1, -0.05) is 53.5 Å². The summed E-state index contributed by atoms with van der Waals surface area (Å²) in [5.41, 5.74) is 0.121. The van der Waals surface area contributed by atoms with E-state index in [0.717, 1.165) is 6.07 Å². The average molecular weight is 394 g/mol. The number of hydrogen-bond donors (Lipinski definition) is 3. The van der Waals surface area contributed by atoms with E-state index in [1.165, 1.54) is 6.07 Å². The molecule has 2 aromatic rings. The lowest BCUT2D eigenvalue weighted by Crippen LogP contribution is -2.03. The lowest BCUT2D eigenvalue weighted by Gasteiger charge is -2.05. The molecule has 0 amide bonds. The minimum absolute atomic E-state index is 0.0592. The SMILES string of the molecule is O=C(c1ccccc1)c1cc([N+](=O)[O-])c(Cl)cc1Cl.O=P(O)(O)O.